The van der Waals surface area contributed by atoms with Crippen molar-refractivity contribution in [3.05, 3.63) is 53.2 Å². The molecule has 3 N–H and O–H groups in total. The Hall–Kier alpha value is -2.86. The summed E-state index contributed by atoms with van der Waals surface area (Å²) in [5.41, 5.74) is 3.76. The number of hydrogen-bond acceptors (Lipinski definition) is 5. The lowest BCUT2D eigenvalue weighted by molar-refractivity contribution is -0.121. The van der Waals surface area contributed by atoms with Crippen molar-refractivity contribution in [2.45, 2.75) is 26.3 Å². The van der Waals surface area contributed by atoms with Crippen LogP contribution in [0.4, 0.5) is 5.82 Å². The molecule has 1 aromatic carbocycles. The van der Waals surface area contributed by atoms with Gasteiger partial charge in [0.2, 0.25) is 5.91 Å². The van der Waals surface area contributed by atoms with Gasteiger partial charge in [0, 0.05) is 24.6 Å². The average Bonchev–Trinajstić information content (AvgIpc) is 3.15. The maximum Gasteiger partial charge on any atom is 0.221 e. The van der Waals surface area contributed by atoms with Crippen molar-refractivity contribution >= 4 is 23.1 Å². The molecule has 3 rings (SSSR count). The fourth-order valence-electron chi connectivity index (χ4n) is 2.73. The van der Waals surface area contributed by atoms with Crippen LogP contribution in [0.3, 0.4) is 0 Å². The first kappa shape index (κ1) is 18.9. The second-order valence-electron chi connectivity index (χ2n) is 6.59. The molecule has 0 aliphatic carbocycles. The second-order valence-corrected chi connectivity index (χ2v) is 7.37. The highest BCUT2D eigenvalue weighted by atomic mass is 32.1. The molecule has 6 heteroatoms. The molecule has 0 bridgehead atoms. The van der Waals surface area contributed by atoms with Gasteiger partial charge in [0.05, 0.1) is 5.69 Å². The Labute approximate surface area is 163 Å². The normalized spacial score (nSPS) is 10.8. The largest absolute Gasteiger partial charge is 0.508 e. The van der Waals surface area contributed by atoms with E-state index in [-0.39, 0.29) is 17.7 Å². The molecule has 0 unspecified atom stereocenters. The quantitative estimate of drug-likeness (QED) is 0.563. The highest BCUT2D eigenvalue weighted by molar-refractivity contribution is 7.08. The minimum atomic E-state index is 0.0136. The number of phenolic OH excluding ortho intramolecular Hbond substituents is 1. The Balaban J connectivity index is 1.83. The smallest absolute Gasteiger partial charge is 0.221 e. The summed E-state index contributed by atoms with van der Waals surface area (Å²) in [5, 5.41) is 20.0. The Morgan fingerprint density at radius 1 is 1.15 bits per heavy atom. The third-order valence-electron chi connectivity index (χ3n) is 3.93. The molecule has 27 heavy (non-hydrogen) atoms. The second kappa shape index (κ2) is 8.68. The summed E-state index contributed by atoms with van der Waals surface area (Å²) in [6, 6.07) is 13.2. The third kappa shape index (κ3) is 5.31. The summed E-state index contributed by atoms with van der Waals surface area (Å²) in [6.07, 6.45) is 0.379. The number of pyridine rings is 1. The van der Waals surface area contributed by atoms with Crippen LogP contribution >= 0.6 is 11.3 Å². The number of phenols is 1. The molecule has 5 nitrogen and oxygen atoms in total. The number of thiophene rings is 1. The predicted molar refractivity (Wildman–Crippen MR) is 111 cm³/mol. The molecule has 0 atom stereocenters. The van der Waals surface area contributed by atoms with Crippen molar-refractivity contribution in [2.24, 2.45) is 0 Å². The molecule has 0 spiro atoms. The van der Waals surface area contributed by atoms with E-state index in [4.69, 9.17) is 0 Å². The minimum Gasteiger partial charge on any atom is -0.508 e. The van der Waals surface area contributed by atoms with E-state index in [2.05, 4.69) is 27.1 Å². The molecular formula is C21H23N3O2S. The van der Waals surface area contributed by atoms with E-state index in [0.717, 1.165) is 22.4 Å². The van der Waals surface area contributed by atoms with Gasteiger partial charge in [-0.2, -0.15) is 11.3 Å². The number of anilines is 1. The summed E-state index contributed by atoms with van der Waals surface area (Å²) in [5.74, 6) is 0.921. The topological polar surface area (TPSA) is 74.2 Å². The number of carbonyl (C=O) groups is 1. The number of rotatable bonds is 7. The van der Waals surface area contributed by atoms with Gasteiger partial charge in [0.1, 0.15) is 11.6 Å². The standard InChI is InChI=1S/C21H23N3O2S/c1-14(2)23-21(26)6-8-22-20-12-17(16-7-9-27-13-16)11-19(24-20)15-4-3-5-18(25)10-15/h3-5,7,9-14,25H,6,8H2,1-2H3,(H,22,24)(H,23,26). The Morgan fingerprint density at radius 3 is 2.70 bits per heavy atom. The van der Waals surface area contributed by atoms with Crippen LogP contribution in [-0.2, 0) is 4.79 Å². The van der Waals surface area contributed by atoms with Gasteiger partial charge >= 0.3 is 0 Å². The minimum absolute atomic E-state index is 0.0136. The summed E-state index contributed by atoms with van der Waals surface area (Å²) in [7, 11) is 0. The lowest BCUT2D eigenvalue weighted by atomic mass is 10.1. The molecule has 140 valence electrons. The summed E-state index contributed by atoms with van der Waals surface area (Å²) < 4.78 is 0. The molecule has 0 fully saturated rings. The van der Waals surface area contributed by atoms with E-state index in [1.807, 2.05) is 37.4 Å². The van der Waals surface area contributed by atoms with Gasteiger partial charge in [-0.3, -0.25) is 4.79 Å². The number of amides is 1. The van der Waals surface area contributed by atoms with Crippen molar-refractivity contribution in [3.63, 3.8) is 0 Å². The molecule has 0 saturated carbocycles. The van der Waals surface area contributed by atoms with Crippen LogP contribution in [0.5, 0.6) is 5.75 Å². The maximum atomic E-state index is 11.8. The van der Waals surface area contributed by atoms with Crippen molar-refractivity contribution in [2.75, 3.05) is 11.9 Å². The molecule has 0 radical (unpaired) electrons. The van der Waals surface area contributed by atoms with Gasteiger partial charge in [-0.25, -0.2) is 4.98 Å². The number of nitrogens with zero attached hydrogens (tertiary/aromatic N) is 1. The van der Waals surface area contributed by atoms with Crippen LogP contribution in [0.1, 0.15) is 20.3 Å². The van der Waals surface area contributed by atoms with Crippen molar-refractivity contribution in [1.82, 2.24) is 10.3 Å². The number of aromatic hydroxyl groups is 1. The van der Waals surface area contributed by atoms with Crippen molar-refractivity contribution in [3.8, 4) is 28.1 Å². The zero-order valence-electron chi connectivity index (χ0n) is 15.4. The van der Waals surface area contributed by atoms with Crippen LogP contribution < -0.4 is 10.6 Å². The number of nitrogens with one attached hydrogen (secondary N) is 2. The lowest BCUT2D eigenvalue weighted by Crippen LogP contribution is -2.31. The van der Waals surface area contributed by atoms with E-state index >= 15 is 0 Å². The first-order valence-corrected chi connectivity index (χ1v) is 9.83. The molecule has 0 aliphatic rings. The Kier molecular flexibility index (Phi) is 6.08. The Morgan fingerprint density at radius 2 is 2.00 bits per heavy atom. The molecule has 1 amide bonds. The van der Waals surface area contributed by atoms with Crippen molar-refractivity contribution < 1.29 is 9.90 Å². The van der Waals surface area contributed by atoms with E-state index in [1.165, 1.54) is 0 Å². The molecule has 0 saturated heterocycles. The first-order chi connectivity index (χ1) is 13.0. The van der Waals surface area contributed by atoms with Crippen LogP contribution in [-0.4, -0.2) is 28.6 Å². The van der Waals surface area contributed by atoms with Gasteiger partial charge in [0.25, 0.3) is 0 Å². The first-order valence-electron chi connectivity index (χ1n) is 8.88. The van der Waals surface area contributed by atoms with E-state index in [1.54, 1.807) is 29.5 Å². The zero-order valence-corrected chi connectivity index (χ0v) is 16.2. The van der Waals surface area contributed by atoms with Gasteiger partial charge in [-0.15, -0.1) is 0 Å². The molecule has 3 aromatic rings. The Bertz CT molecular complexity index is 908. The number of benzene rings is 1. The fraction of sp³-hybridized carbons (Fsp3) is 0.238. The molecule has 2 aromatic heterocycles. The average molecular weight is 382 g/mol. The predicted octanol–water partition coefficient (Wildman–Crippen LogP) is 4.51. The number of hydrogen-bond donors (Lipinski definition) is 3. The van der Waals surface area contributed by atoms with E-state index in [9.17, 15) is 9.90 Å². The zero-order chi connectivity index (χ0) is 19.2. The third-order valence-corrected chi connectivity index (χ3v) is 4.61. The van der Waals surface area contributed by atoms with Crippen LogP contribution in [0.25, 0.3) is 22.4 Å². The summed E-state index contributed by atoms with van der Waals surface area (Å²) in [4.78, 5) is 16.5. The lowest BCUT2D eigenvalue weighted by Gasteiger charge is -2.12. The van der Waals surface area contributed by atoms with E-state index < -0.39 is 0 Å². The van der Waals surface area contributed by atoms with Crippen LogP contribution in [0.15, 0.2) is 53.2 Å². The SMILES string of the molecule is CC(C)NC(=O)CCNc1cc(-c2ccsc2)cc(-c2cccc(O)c2)n1. The van der Waals surface area contributed by atoms with Crippen LogP contribution in [0, 0.1) is 0 Å². The fourth-order valence-corrected chi connectivity index (χ4v) is 3.39. The molecule has 2 heterocycles. The number of carbonyl (C=O) groups excluding carboxylic acids is 1. The maximum absolute atomic E-state index is 11.8. The van der Waals surface area contributed by atoms with Gasteiger partial charge < -0.3 is 15.7 Å². The highest BCUT2D eigenvalue weighted by Gasteiger charge is 2.09. The number of aromatic nitrogens is 1. The molecular weight excluding hydrogens is 358 g/mol. The van der Waals surface area contributed by atoms with Gasteiger partial charge in [0.15, 0.2) is 0 Å². The monoisotopic (exact) mass is 381 g/mol. The summed E-state index contributed by atoms with van der Waals surface area (Å²) >= 11 is 1.64. The van der Waals surface area contributed by atoms with Gasteiger partial charge in [-0.05, 0) is 66.1 Å². The summed E-state index contributed by atoms with van der Waals surface area (Å²) in [6.45, 7) is 4.38. The van der Waals surface area contributed by atoms with Gasteiger partial charge in [-0.1, -0.05) is 12.1 Å². The van der Waals surface area contributed by atoms with E-state index in [0.29, 0.717) is 18.8 Å². The van der Waals surface area contributed by atoms with Crippen molar-refractivity contribution in [1.29, 1.82) is 0 Å². The van der Waals surface area contributed by atoms with Crippen LogP contribution in [0.2, 0.25) is 0 Å². The highest BCUT2D eigenvalue weighted by Crippen LogP contribution is 2.30. The molecule has 0 aliphatic heterocycles.